The molecule has 8 nitrogen and oxygen atoms in total. The number of nitrogens with zero attached hydrogens (tertiary/aromatic N) is 5. The van der Waals surface area contributed by atoms with E-state index in [-0.39, 0.29) is 5.91 Å². The highest BCUT2D eigenvalue weighted by Crippen LogP contribution is 2.29. The van der Waals surface area contributed by atoms with E-state index in [0.717, 1.165) is 65.9 Å². The summed E-state index contributed by atoms with van der Waals surface area (Å²) < 4.78 is 7.54. The van der Waals surface area contributed by atoms with Crippen LogP contribution < -0.4 is 15.0 Å². The van der Waals surface area contributed by atoms with E-state index >= 15 is 0 Å². The van der Waals surface area contributed by atoms with Gasteiger partial charge < -0.3 is 15.0 Å². The SMILES string of the molecule is CCCCOc1ccc(C(=O)NCCn2ncc3c(N4CCCC4)nc(SCCC)nc32)cc1. The summed E-state index contributed by atoms with van der Waals surface area (Å²) >= 11 is 1.68. The van der Waals surface area contributed by atoms with Gasteiger partial charge in [0.2, 0.25) is 0 Å². The summed E-state index contributed by atoms with van der Waals surface area (Å²) in [6.07, 6.45) is 7.42. The number of aromatic nitrogens is 4. The molecule has 0 aliphatic carbocycles. The lowest BCUT2D eigenvalue weighted by Gasteiger charge is -2.18. The van der Waals surface area contributed by atoms with Gasteiger partial charge in [0.15, 0.2) is 10.8 Å². The third-order valence-corrected chi connectivity index (χ3v) is 6.84. The quantitative estimate of drug-likeness (QED) is 0.230. The van der Waals surface area contributed by atoms with Gasteiger partial charge in [0.1, 0.15) is 11.6 Å². The van der Waals surface area contributed by atoms with Gasteiger partial charge in [-0.15, -0.1) is 0 Å². The summed E-state index contributed by atoms with van der Waals surface area (Å²) in [5, 5.41) is 9.34. The highest BCUT2D eigenvalue weighted by Gasteiger charge is 2.21. The Hall–Kier alpha value is -2.81. The number of rotatable bonds is 12. The molecule has 34 heavy (non-hydrogen) atoms. The van der Waals surface area contributed by atoms with Gasteiger partial charge in [-0.3, -0.25) is 4.79 Å². The molecule has 1 aromatic carbocycles. The minimum Gasteiger partial charge on any atom is -0.494 e. The second-order valence-corrected chi connectivity index (χ2v) is 9.52. The fourth-order valence-electron chi connectivity index (χ4n) is 3.93. The Morgan fingerprint density at radius 2 is 1.91 bits per heavy atom. The van der Waals surface area contributed by atoms with Crippen LogP contribution in [0.2, 0.25) is 0 Å². The zero-order chi connectivity index (χ0) is 23.8. The fourth-order valence-corrected chi connectivity index (χ4v) is 4.62. The summed E-state index contributed by atoms with van der Waals surface area (Å²) in [6.45, 7) is 8.04. The largest absolute Gasteiger partial charge is 0.494 e. The number of hydrogen-bond acceptors (Lipinski definition) is 7. The first-order chi connectivity index (χ1) is 16.7. The van der Waals surface area contributed by atoms with Crippen LogP contribution in [0.1, 0.15) is 56.3 Å². The van der Waals surface area contributed by atoms with Crippen LogP contribution in [0, 0.1) is 0 Å². The number of unbranched alkanes of at least 4 members (excludes halogenated alkanes) is 1. The van der Waals surface area contributed by atoms with Crippen molar-refractivity contribution in [2.24, 2.45) is 0 Å². The van der Waals surface area contributed by atoms with Crippen molar-refractivity contribution >= 4 is 34.5 Å². The minimum atomic E-state index is -0.108. The summed E-state index contributed by atoms with van der Waals surface area (Å²) in [5.74, 6) is 2.65. The molecule has 0 radical (unpaired) electrons. The van der Waals surface area contributed by atoms with Crippen molar-refractivity contribution in [3.05, 3.63) is 36.0 Å². The highest BCUT2D eigenvalue weighted by atomic mass is 32.2. The van der Waals surface area contributed by atoms with Crippen LogP contribution in [-0.2, 0) is 6.54 Å². The van der Waals surface area contributed by atoms with E-state index in [0.29, 0.717) is 25.3 Å². The zero-order valence-electron chi connectivity index (χ0n) is 20.1. The number of thioether (sulfide) groups is 1. The van der Waals surface area contributed by atoms with Gasteiger partial charge >= 0.3 is 0 Å². The molecular weight excluding hydrogens is 448 g/mol. The van der Waals surface area contributed by atoms with Crippen LogP contribution in [-0.4, -0.2) is 57.6 Å². The maximum absolute atomic E-state index is 12.6. The number of fused-ring (bicyclic) bond motifs is 1. The topological polar surface area (TPSA) is 85.2 Å². The molecule has 9 heteroatoms. The van der Waals surface area contributed by atoms with E-state index in [1.54, 1.807) is 23.9 Å². The molecule has 0 spiro atoms. The predicted molar refractivity (Wildman–Crippen MR) is 137 cm³/mol. The molecule has 1 fully saturated rings. The molecule has 1 N–H and O–H groups in total. The molecule has 0 bridgehead atoms. The number of nitrogens with one attached hydrogen (secondary N) is 1. The first kappa shape index (κ1) is 24.3. The summed E-state index contributed by atoms with van der Waals surface area (Å²) in [4.78, 5) is 24.6. The molecule has 1 amide bonds. The summed E-state index contributed by atoms with van der Waals surface area (Å²) in [7, 11) is 0. The van der Waals surface area contributed by atoms with Crippen molar-refractivity contribution in [3.63, 3.8) is 0 Å². The Morgan fingerprint density at radius 3 is 2.65 bits per heavy atom. The van der Waals surface area contributed by atoms with Crippen molar-refractivity contribution in [2.75, 3.05) is 36.9 Å². The Bertz CT molecular complexity index is 1080. The monoisotopic (exact) mass is 482 g/mol. The van der Waals surface area contributed by atoms with E-state index in [1.807, 2.05) is 23.0 Å². The van der Waals surface area contributed by atoms with Crippen LogP contribution >= 0.6 is 11.8 Å². The first-order valence-corrected chi connectivity index (χ1v) is 13.3. The van der Waals surface area contributed by atoms with Crippen LogP contribution in [0.4, 0.5) is 5.82 Å². The normalized spacial score (nSPS) is 13.5. The number of carbonyl (C=O) groups is 1. The van der Waals surface area contributed by atoms with E-state index in [9.17, 15) is 4.79 Å². The highest BCUT2D eigenvalue weighted by molar-refractivity contribution is 7.99. The molecule has 2 aromatic heterocycles. The van der Waals surface area contributed by atoms with Gasteiger partial charge in [0.25, 0.3) is 5.91 Å². The van der Waals surface area contributed by atoms with E-state index in [1.165, 1.54) is 12.8 Å². The van der Waals surface area contributed by atoms with Gasteiger partial charge in [-0.05, 0) is 49.9 Å². The van der Waals surface area contributed by atoms with Crippen molar-refractivity contribution < 1.29 is 9.53 Å². The van der Waals surface area contributed by atoms with Gasteiger partial charge in [-0.1, -0.05) is 32.0 Å². The number of carbonyl (C=O) groups excluding carboxylic acids is 1. The van der Waals surface area contributed by atoms with E-state index < -0.39 is 0 Å². The molecule has 1 saturated heterocycles. The molecule has 0 saturated carbocycles. The molecular formula is C25H34N6O2S. The smallest absolute Gasteiger partial charge is 0.251 e. The summed E-state index contributed by atoms with van der Waals surface area (Å²) in [5.41, 5.74) is 1.45. The molecule has 4 rings (SSSR count). The first-order valence-electron chi connectivity index (χ1n) is 12.3. The fraction of sp³-hybridized carbons (Fsp3) is 0.520. The van der Waals surface area contributed by atoms with Gasteiger partial charge in [0.05, 0.1) is 24.7 Å². The third-order valence-electron chi connectivity index (χ3n) is 5.79. The Kier molecular flexibility index (Phi) is 8.62. The molecule has 1 aliphatic heterocycles. The maximum Gasteiger partial charge on any atom is 0.251 e. The zero-order valence-corrected chi connectivity index (χ0v) is 20.9. The maximum atomic E-state index is 12.6. The average molecular weight is 483 g/mol. The molecule has 3 aromatic rings. The van der Waals surface area contributed by atoms with Gasteiger partial charge in [0, 0.05) is 31.0 Å². The third kappa shape index (κ3) is 6.00. The Labute approximate surface area is 205 Å². The second kappa shape index (κ2) is 12.1. The van der Waals surface area contributed by atoms with Gasteiger partial charge in [-0.25, -0.2) is 14.6 Å². The van der Waals surface area contributed by atoms with E-state index in [4.69, 9.17) is 14.7 Å². The number of benzene rings is 1. The second-order valence-electron chi connectivity index (χ2n) is 8.46. The van der Waals surface area contributed by atoms with Crippen molar-refractivity contribution in [3.8, 4) is 5.75 Å². The Morgan fingerprint density at radius 1 is 1.12 bits per heavy atom. The number of amides is 1. The van der Waals surface area contributed by atoms with Crippen LogP contribution in [0.25, 0.3) is 11.0 Å². The standard InChI is InChI=1S/C25H34N6O2S/c1-3-5-16-33-20-10-8-19(9-11-20)24(32)26-12-15-31-23-21(18-27-31)22(30-13-6-7-14-30)28-25(29-23)34-17-4-2/h8-11,18H,3-7,12-17H2,1-2H3,(H,26,32). The minimum absolute atomic E-state index is 0.108. The van der Waals surface area contributed by atoms with Crippen LogP contribution in [0.3, 0.4) is 0 Å². The van der Waals surface area contributed by atoms with Gasteiger partial charge in [-0.2, -0.15) is 5.10 Å². The van der Waals surface area contributed by atoms with Crippen molar-refractivity contribution in [1.29, 1.82) is 0 Å². The molecule has 0 unspecified atom stereocenters. The lowest BCUT2D eigenvalue weighted by atomic mass is 10.2. The number of ether oxygens (including phenoxy) is 1. The predicted octanol–water partition coefficient (Wildman–Crippen LogP) is 4.54. The molecule has 182 valence electrons. The average Bonchev–Trinajstić information content (AvgIpc) is 3.53. The lowest BCUT2D eigenvalue weighted by molar-refractivity contribution is 0.0952. The molecule has 3 heterocycles. The number of hydrogen-bond donors (Lipinski definition) is 1. The van der Waals surface area contributed by atoms with Crippen LogP contribution in [0.15, 0.2) is 35.6 Å². The lowest BCUT2D eigenvalue weighted by Crippen LogP contribution is -2.27. The van der Waals surface area contributed by atoms with Crippen molar-refractivity contribution in [1.82, 2.24) is 25.1 Å². The van der Waals surface area contributed by atoms with Crippen LogP contribution in [0.5, 0.6) is 5.75 Å². The summed E-state index contributed by atoms with van der Waals surface area (Å²) in [6, 6.07) is 7.29. The molecule has 0 atom stereocenters. The number of anilines is 1. The van der Waals surface area contributed by atoms with Crippen molar-refractivity contribution in [2.45, 2.75) is 57.7 Å². The Balaban J connectivity index is 1.41. The molecule has 1 aliphatic rings. The van der Waals surface area contributed by atoms with E-state index in [2.05, 4.69) is 29.2 Å².